The van der Waals surface area contributed by atoms with Gasteiger partial charge in [-0.3, -0.25) is 0 Å². The molecule has 0 aromatic carbocycles. The van der Waals surface area contributed by atoms with E-state index in [1.54, 1.807) is 0 Å². The summed E-state index contributed by atoms with van der Waals surface area (Å²) in [5, 5.41) is 0. The molecule has 0 heterocycles. The molecule has 0 aliphatic rings. The summed E-state index contributed by atoms with van der Waals surface area (Å²) in [7, 11) is 0. The molecule has 0 aliphatic carbocycles. The van der Waals surface area contributed by atoms with Gasteiger partial charge in [0.25, 0.3) is 0 Å². The van der Waals surface area contributed by atoms with Gasteiger partial charge in [-0.25, -0.2) is 0 Å². The molecule has 0 fully saturated rings. The molecular formula is H2Ca2CrO4. The summed E-state index contributed by atoms with van der Waals surface area (Å²) in [6.07, 6.45) is 0. The first-order valence-electron chi connectivity index (χ1n) is 0.667. The van der Waals surface area contributed by atoms with E-state index in [1.807, 2.05) is 0 Å². The van der Waals surface area contributed by atoms with E-state index in [2.05, 4.69) is 0 Å². The Labute approximate surface area is 106 Å². The van der Waals surface area contributed by atoms with E-state index in [1.165, 1.54) is 0 Å². The molecule has 7 heteroatoms. The first-order chi connectivity index (χ1) is 2.00. The monoisotopic (exact) mass is 198 g/mol. The predicted octanol–water partition coefficient (Wildman–Crippen LogP) is -3.15. The topological polar surface area (TPSA) is 80.3 Å². The van der Waals surface area contributed by atoms with Crippen molar-refractivity contribution in [1.29, 1.82) is 0 Å². The van der Waals surface area contributed by atoms with E-state index in [4.69, 9.17) is 15.9 Å². The molecule has 0 bridgehead atoms. The van der Waals surface area contributed by atoms with Crippen molar-refractivity contribution >= 4 is 75.5 Å². The summed E-state index contributed by atoms with van der Waals surface area (Å²) in [5.41, 5.74) is 0. The van der Waals surface area contributed by atoms with Crippen LogP contribution in [-0.2, 0) is 21.2 Å². The standard InChI is InChI=1S/2Ca.Cr.4O.2H/q2*+2;;;;4*-1. The van der Waals surface area contributed by atoms with E-state index in [9.17, 15) is 0 Å². The molecule has 36 valence electrons. The molecule has 4 nitrogen and oxygen atoms in total. The van der Waals surface area contributed by atoms with Gasteiger partial charge < -0.3 is 2.85 Å². The average Bonchev–Trinajstić information content (AvgIpc) is 0.722. The SMILES string of the molecule is [Ca+2].[Ca+2].[H-].[H-].[O]=[Cr](=[O])([O-])[O-]. The molecule has 0 atom stereocenters. The van der Waals surface area contributed by atoms with Gasteiger partial charge in [0.05, 0.1) is 0 Å². The molecule has 0 rings (SSSR count). The van der Waals surface area contributed by atoms with Gasteiger partial charge in [0.15, 0.2) is 0 Å². The van der Waals surface area contributed by atoms with E-state index in [-0.39, 0.29) is 78.3 Å². The Kier molecular flexibility index (Phi) is 15.6. The van der Waals surface area contributed by atoms with E-state index in [0.29, 0.717) is 0 Å². The van der Waals surface area contributed by atoms with Gasteiger partial charge in [0.2, 0.25) is 0 Å². The van der Waals surface area contributed by atoms with Gasteiger partial charge in [-0.2, -0.15) is 0 Å². The maximum atomic E-state index is 8.59. The maximum absolute atomic E-state index is 8.59. The molecule has 0 spiro atoms. The van der Waals surface area contributed by atoms with Crippen molar-refractivity contribution in [2.75, 3.05) is 0 Å². The van der Waals surface area contributed by atoms with Crippen LogP contribution in [0.1, 0.15) is 2.85 Å². The zero-order valence-corrected chi connectivity index (χ0v) is 9.15. The molecule has 0 amide bonds. The third-order valence-electron chi connectivity index (χ3n) is 0. The van der Waals surface area contributed by atoms with Crippen LogP contribution in [0.5, 0.6) is 0 Å². The van der Waals surface area contributed by atoms with Crippen LogP contribution in [0, 0.1) is 0 Å². The molecule has 0 aromatic rings. The third-order valence-corrected chi connectivity index (χ3v) is 0. The summed E-state index contributed by atoms with van der Waals surface area (Å²) in [5.74, 6) is 0. The summed E-state index contributed by atoms with van der Waals surface area (Å²) in [6, 6.07) is 0. The molecule has 0 radical (unpaired) electrons. The molecule has 7 heavy (non-hydrogen) atoms. The normalized spacial score (nSPS) is 8.29. The number of rotatable bonds is 0. The van der Waals surface area contributed by atoms with Crippen LogP contribution in [-0.4, -0.2) is 75.5 Å². The van der Waals surface area contributed by atoms with Gasteiger partial charge >= 0.3 is 105 Å². The van der Waals surface area contributed by atoms with Crippen LogP contribution in [0.25, 0.3) is 0 Å². The van der Waals surface area contributed by atoms with Gasteiger partial charge in [-0.05, 0) is 0 Å². The van der Waals surface area contributed by atoms with Crippen molar-refractivity contribution in [3.05, 3.63) is 0 Å². The van der Waals surface area contributed by atoms with Crippen LogP contribution in [0.4, 0.5) is 0 Å². The molecule has 0 aliphatic heterocycles. The van der Waals surface area contributed by atoms with E-state index >= 15 is 0 Å². The first kappa shape index (κ1) is 16.3. The molecule has 0 saturated heterocycles. The van der Waals surface area contributed by atoms with Crippen molar-refractivity contribution in [3.63, 3.8) is 0 Å². The zero-order valence-electron chi connectivity index (χ0n) is 5.46. The van der Waals surface area contributed by atoms with Crippen molar-refractivity contribution in [2.45, 2.75) is 0 Å². The Morgan fingerprint density at radius 3 is 1.14 bits per heavy atom. The third kappa shape index (κ3) is 56.0. The number of hydrogen-bond donors (Lipinski definition) is 0. The quantitative estimate of drug-likeness (QED) is 0.385. The Bertz CT molecular complexity index is 99.7. The molecule has 0 aromatic heterocycles. The Balaban J connectivity index is -0.0000000133. The second kappa shape index (κ2) is 6.69. The van der Waals surface area contributed by atoms with E-state index in [0.717, 1.165) is 0 Å². The summed E-state index contributed by atoms with van der Waals surface area (Å²) in [4.78, 5) is 0. The first-order valence-corrected chi connectivity index (χ1v) is 2.75. The van der Waals surface area contributed by atoms with Crippen molar-refractivity contribution < 1.29 is 32.4 Å². The van der Waals surface area contributed by atoms with Gasteiger partial charge in [0, 0.05) is 0 Å². The minimum atomic E-state index is -5.75. The molecular weight excluding hydrogens is 196 g/mol. The fourth-order valence-electron chi connectivity index (χ4n) is 0. The van der Waals surface area contributed by atoms with Crippen molar-refractivity contribution in [2.24, 2.45) is 0 Å². The summed E-state index contributed by atoms with van der Waals surface area (Å²) >= 11 is -5.75. The van der Waals surface area contributed by atoms with Gasteiger partial charge in [-0.15, -0.1) is 0 Å². The Morgan fingerprint density at radius 1 is 1.14 bits per heavy atom. The molecule has 0 unspecified atom stereocenters. The average molecular weight is 198 g/mol. The zero-order chi connectivity index (χ0) is 4.50. The summed E-state index contributed by atoms with van der Waals surface area (Å²) in [6.45, 7) is 0. The second-order valence-corrected chi connectivity index (χ2v) is 1.68. The Morgan fingerprint density at radius 2 is 1.14 bits per heavy atom. The number of hydrogen-bond acceptors (Lipinski definition) is 4. The fraction of sp³-hybridized carbons (Fsp3) is 0. The molecule has 0 saturated carbocycles. The van der Waals surface area contributed by atoms with E-state index < -0.39 is 13.6 Å². The van der Waals surface area contributed by atoms with Crippen LogP contribution >= 0.6 is 0 Å². The van der Waals surface area contributed by atoms with Gasteiger partial charge in [0.1, 0.15) is 0 Å². The second-order valence-electron chi connectivity index (χ2n) is 0.408. The fourth-order valence-corrected chi connectivity index (χ4v) is 0. The van der Waals surface area contributed by atoms with Crippen molar-refractivity contribution in [3.8, 4) is 0 Å². The molecule has 0 N–H and O–H groups in total. The van der Waals surface area contributed by atoms with Crippen LogP contribution in [0.15, 0.2) is 0 Å². The van der Waals surface area contributed by atoms with Gasteiger partial charge in [-0.1, -0.05) is 0 Å². The summed E-state index contributed by atoms with van der Waals surface area (Å²) < 4.78 is 34.4. The minimum absolute atomic E-state index is 0. The van der Waals surface area contributed by atoms with Crippen LogP contribution < -0.4 is 8.32 Å². The predicted molar refractivity (Wildman–Crippen MR) is 15.1 cm³/mol. The van der Waals surface area contributed by atoms with Crippen LogP contribution in [0.3, 0.4) is 0 Å². The van der Waals surface area contributed by atoms with Crippen molar-refractivity contribution in [1.82, 2.24) is 0 Å². The van der Waals surface area contributed by atoms with Crippen LogP contribution in [0.2, 0.25) is 0 Å². The Hall–Kier alpha value is 2.57.